The zero-order valence-electron chi connectivity index (χ0n) is 14.4. The van der Waals surface area contributed by atoms with Crippen molar-refractivity contribution < 1.29 is 13.2 Å². The Labute approximate surface area is 167 Å². The van der Waals surface area contributed by atoms with Gasteiger partial charge in [-0.2, -0.15) is 0 Å². The summed E-state index contributed by atoms with van der Waals surface area (Å²) in [6, 6.07) is 10.9. The van der Waals surface area contributed by atoms with E-state index in [4.69, 9.17) is 11.6 Å². The lowest BCUT2D eigenvalue weighted by atomic mass is 10.3. The van der Waals surface area contributed by atoms with Crippen LogP contribution in [0.4, 0.5) is 0 Å². The molecule has 0 spiro atoms. The van der Waals surface area contributed by atoms with Crippen molar-refractivity contribution in [3.05, 3.63) is 46.8 Å². The van der Waals surface area contributed by atoms with Gasteiger partial charge in [-0.15, -0.1) is 23.1 Å². The van der Waals surface area contributed by atoms with Gasteiger partial charge in [-0.25, -0.2) is 12.7 Å². The van der Waals surface area contributed by atoms with Gasteiger partial charge in [-0.05, 0) is 42.1 Å². The predicted octanol–water partition coefficient (Wildman–Crippen LogP) is 3.71. The molecular formula is C17H21ClN2O3S3. The van der Waals surface area contributed by atoms with E-state index in [1.807, 2.05) is 24.3 Å². The Morgan fingerprint density at radius 2 is 2.00 bits per heavy atom. The Morgan fingerprint density at radius 3 is 2.65 bits per heavy atom. The molecule has 0 aliphatic rings. The highest BCUT2D eigenvalue weighted by atomic mass is 35.5. The molecule has 9 heteroatoms. The zero-order chi connectivity index (χ0) is 19.0. The standard InChI is InChI=1S/C17H21ClN2O3S3/c1-20(26(22,23)17-5-3-12-25-17)11-2-4-16(21)19-10-13-24-15-8-6-14(18)7-9-15/h3,5-9,12H,2,4,10-11,13H2,1H3,(H,19,21). The van der Waals surface area contributed by atoms with Crippen molar-refractivity contribution in [2.75, 3.05) is 25.9 Å². The normalized spacial score (nSPS) is 11.7. The average Bonchev–Trinajstić information content (AvgIpc) is 3.15. The maximum atomic E-state index is 12.3. The highest BCUT2D eigenvalue weighted by Crippen LogP contribution is 2.20. The van der Waals surface area contributed by atoms with E-state index in [2.05, 4.69) is 5.32 Å². The summed E-state index contributed by atoms with van der Waals surface area (Å²) in [7, 11) is -1.90. The molecule has 0 radical (unpaired) electrons. The molecule has 1 heterocycles. The molecule has 0 aliphatic heterocycles. The lowest BCUT2D eigenvalue weighted by molar-refractivity contribution is -0.121. The molecule has 0 aliphatic carbocycles. The van der Waals surface area contributed by atoms with Crippen LogP contribution in [0.3, 0.4) is 0 Å². The molecule has 0 saturated carbocycles. The number of thioether (sulfide) groups is 1. The third kappa shape index (κ3) is 6.59. The maximum Gasteiger partial charge on any atom is 0.252 e. The minimum absolute atomic E-state index is 0.0661. The Balaban J connectivity index is 1.62. The number of carbonyl (C=O) groups is 1. The van der Waals surface area contributed by atoms with Gasteiger partial charge in [0, 0.05) is 42.2 Å². The number of amides is 1. The molecule has 2 aromatic rings. The molecule has 1 aromatic heterocycles. The number of hydrogen-bond acceptors (Lipinski definition) is 5. The number of nitrogens with zero attached hydrogens (tertiary/aromatic N) is 1. The summed E-state index contributed by atoms with van der Waals surface area (Å²) in [5.41, 5.74) is 0. The summed E-state index contributed by atoms with van der Waals surface area (Å²) in [5.74, 6) is 0.698. The summed E-state index contributed by atoms with van der Waals surface area (Å²) in [4.78, 5) is 13.0. The molecule has 5 nitrogen and oxygen atoms in total. The highest BCUT2D eigenvalue weighted by molar-refractivity contribution is 7.99. The first-order valence-corrected chi connectivity index (χ1v) is 11.7. The second-order valence-corrected chi connectivity index (χ2v) is 10.3. The van der Waals surface area contributed by atoms with Crippen molar-refractivity contribution in [2.45, 2.75) is 21.9 Å². The number of thiophene rings is 1. The molecule has 0 unspecified atom stereocenters. The number of nitrogens with one attached hydrogen (secondary N) is 1. The van der Waals surface area contributed by atoms with Gasteiger partial charge in [-0.3, -0.25) is 4.79 Å². The lowest BCUT2D eigenvalue weighted by Crippen LogP contribution is -2.30. The van der Waals surface area contributed by atoms with Crippen LogP contribution in [0.15, 0.2) is 50.9 Å². The summed E-state index contributed by atoms with van der Waals surface area (Å²) in [6.45, 7) is 0.878. The first-order chi connectivity index (χ1) is 12.4. The number of benzene rings is 1. The summed E-state index contributed by atoms with van der Waals surface area (Å²) >= 11 is 8.67. The van der Waals surface area contributed by atoms with E-state index in [0.29, 0.717) is 35.2 Å². The smallest absolute Gasteiger partial charge is 0.252 e. The molecule has 26 heavy (non-hydrogen) atoms. The SMILES string of the molecule is CN(CCCC(=O)NCCSc1ccc(Cl)cc1)S(=O)(=O)c1cccs1. The molecular weight excluding hydrogens is 412 g/mol. The molecule has 0 atom stereocenters. The highest BCUT2D eigenvalue weighted by Gasteiger charge is 2.21. The van der Waals surface area contributed by atoms with Crippen LogP contribution in [0.25, 0.3) is 0 Å². The fraction of sp³-hybridized carbons (Fsp3) is 0.353. The van der Waals surface area contributed by atoms with E-state index in [-0.39, 0.29) is 5.91 Å². The van der Waals surface area contributed by atoms with Crippen molar-refractivity contribution in [2.24, 2.45) is 0 Å². The van der Waals surface area contributed by atoms with Gasteiger partial charge >= 0.3 is 0 Å². The van der Waals surface area contributed by atoms with Crippen LogP contribution in [0.5, 0.6) is 0 Å². The zero-order valence-corrected chi connectivity index (χ0v) is 17.6. The number of sulfonamides is 1. The Kier molecular flexibility index (Phi) is 8.43. The van der Waals surface area contributed by atoms with E-state index in [0.717, 1.165) is 10.6 Å². The predicted molar refractivity (Wildman–Crippen MR) is 109 cm³/mol. The summed E-state index contributed by atoms with van der Waals surface area (Å²) in [6.07, 6.45) is 0.785. The van der Waals surface area contributed by atoms with Crippen LogP contribution >= 0.6 is 34.7 Å². The first kappa shape index (κ1) is 21.2. The fourth-order valence-electron chi connectivity index (χ4n) is 2.12. The molecule has 1 N–H and O–H groups in total. The lowest BCUT2D eigenvalue weighted by Gasteiger charge is -2.15. The van der Waals surface area contributed by atoms with Crippen LogP contribution in [0, 0.1) is 0 Å². The van der Waals surface area contributed by atoms with Crippen LogP contribution in [-0.2, 0) is 14.8 Å². The summed E-state index contributed by atoms with van der Waals surface area (Å²) in [5, 5.41) is 5.29. The van der Waals surface area contributed by atoms with Gasteiger partial charge in [0.1, 0.15) is 4.21 Å². The molecule has 0 fully saturated rings. The van der Waals surface area contributed by atoms with Gasteiger partial charge < -0.3 is 5.32 Å². The van der Waals surface area contributed by atoms with Crippen LogP contribution in [0.2, 0.25) is 5.02 Å². The van der Waals surface area contributed by atoms with E-state index in [1.54, 1.807) is 29.3 Å². The number of carbonyl (C=O) groups excluding carboxylic acids is 1. The van der Waals surface area contributed by atoms with Crippen molar-refractivity contribution in [1.82, 2.24) is 9.62 Å². The molecule has 2 rings (SSSR count). The summed E-state index contributed by atoms with van der Waals surface area (Å²) < 4.78 is 26.1. The topological polar surface area (TPSA) is 66.5 Å². The monoisotopic (exact) mass is 432 g/mol. The van der Waals surface area contributed by atoms with E-state index in [1.165, 1.54) is 22.7 Å². The number of rotatable bonds is 10. The van der Waals surface area contributed by atoms with Gasteiger partial charge in [0.2, 0.25) is 5.91 Å². The Bertz CT molecular complexity index is 793. The Hall–Kier alpha value is -1.06. The first-order valence-electron chi connectivity index (χ1n) is 8.04. The second-order valence-electron chi connectivity index (χ2n) is 5.51. The average molecular weight is 433 g/mol. The molecule has 1 amide bonds. The van der Waals surface area contributed by atoms with Crippen molar-refractivity contribution in [3.63, 3.8) is 0 Å². The van der Waals surface area contributed by atoms with Crippen LogP contribution < -0.4 is 5.32 Å². The quantitative estimate of drug-likeness (QED) is 0.459. The van der Waals surface area contributed by atoms with Crippen LogP contribution in [0.1, 0.15) is 12.8 Å². The second kappa shape index (κ2) is 10.3. The van der Waals surface area contributed by atoms with E-state index in [9.17, 15) is 13.2 Å². The van der Waals surface area contributed by atoms with Gasteiger partial charge in [0.25, 0.3) is 10.0 Å². The molecule has 0 saturated heterocycles. The van der Waals surface area contributed by atoms with Crippen molar-refractivity contribution >= 4 is 50.6 Å². The van der Waals surface area contributed by atoms with Gasteiger partial charge in [0.15, 0.2) is 0 Å². The third-order valence-corrected chi connectivity index (χ3v) is 8.04. The molecule has 0 bridgehead atoms. The minimum Gasteiger partial charge on any atom is -0.355 e. The largest absolute Gasteiger partial charge is 0.355 e. The van der Waals surface area contributed by atoms with E-state index >= 15 is 0 Å². The van der Waals surface area contributed by atoms with Crippen LogP contribution in [-0.4, -0.2) is 44.5 Å². The van der Waals surface area contributed by atoms with Crippen molar-refractivity contribution in [1.29, 1.82) is 0 Å². The number of hydrogen-bond donors (Lipinski definition) is 1. The van der Waals surface area contributed by atoms with Crippen molar-refractivity contribution in [3.8, 4) is 0 Å². The molecule has 1 aromatic carbocycles. The third-order valence-electron chi connectivity index (χ3n) is 3.54. The van der Waals surface area contributed by atoms with Gasteiger partial charge in [-0.1, -0.05) is 17.7 Å². The minimum atomic E-state index is -3.44. The van der Waals surface area contributed by atoms with Gasteiger partial charge in [0.05, 0.1) is 0 Å². The molecule has 142 valence electrons. The fourth-order valence-corrected chi connectivity index (χ4v) is 5.43. The Morgan fingerprint density at radius 1 is 1.27 bits per heavy atom. The maximum absolute atomic E-state index is 12.3. The number of halogens is 1. The van der Waals surface area contributed by atoms with E-state index < -0.39 is 10.0 Å².